The molecule has 1 heterocycles. The van der Waals surface area contributed by atoms with Crippen LogP contribution in [0.3, 0.4) is 0 Å². The number of hydrogen-bond donors (Lipinski definition) is 0. The van der Waals surface area contributed by atoms with Crippen molar-refractivity contribution in [1.29, 1.82) is 0 Å². The van der Waals surface area contributed by atoms with Gasteiger partial charge in [-0.2, -0.15) is 3.97 Å². The summed E-state index contributed by atoms with van der Waals surface area (Å²) < 4.78 is 55.1. The van der Waals surface area contributed by atoms with Crippen molar-refractivity contribution in [3.63, 3.8) is 0 Å². The molecule has 0 saturated carbocycles. The maximum absolute atomic E-state index is 14.6. The average molecular weight is 419 g/mol. The summed E-state index contributed by atoms with van der Waals surface area (Å²) in [5, 5.41) is 0. The number of aryl methyl sites for hydroxylation is 1. The Kier molecular flexibility index (Phi) is 5.78. The lowest BCUT2D eigenvalue weighted by Gasteiger charge is -2.11. The zero-order valence-corrected chi connectivity index (χ0v) is 16.7. The zero-order valence-electron chi connectivity index (χ0n) is 15.8. The quantitative estimate of drug-likeness (QED) is 0.637. The van der Waals surface area contributed by atoms with E-state index >= 15 is 0 Å². The molecule has 152 valence electrons. The van der Waals surface area contributed by atoms with Crippen molar-refractivity contribution in [2.45, 2.75) is 24.8 Å². The Morgan fingerprint density at radius 3 is 2.28 bits per heavy atom. The smallest absolute Gasteiger partial charge is 0.278 e. The standard InChI is InChI=1S/C20H19F2N3O3S/c1-3-14-8-10-16(11-9-14)29(27,28)25-13-18(22)19(24(2)20(25)26)23-12-15-6-4-5-7-17(15)21/h4-11,13H,3,12H2,1-2H3. The third-order valence-electron chi connectivity index (χ3n) is 4.48. The van der Waals surface area contributed by atoms with Crippen molar-refractivity contribution in [1.82, 2.24) is 8.54 Å². The highest BCUT2D eigenvalue weighted by atomic mass is 32.2. The van der Waals surface area contributed by atoms with Gasteiger partial charge < -0.3 is 0 Å². The van der Waals surface area contributed by atoms with Crippen molar-refractivity contribution in [3.05, 3.63) is 93.5 Å². The van der Waals surface area contributed by atoms with Gasteiger partial charge in [0.25, 0.3) is 10.0 Å². The molecule has 0 fully saturated rings. The highest BCUT2D eigenvalue weighted by Crippen LogP contribution is 2.13. The van der Waals surface area contributed by atoms with Gasteiger partial charge in [-0.05, 0) is 30.2 Å². The Balaban J connectivity index is 2.08. The molecule has 0 N–H and O–H groups in total. The van der Waals surface area contributed by atoms with Gasteiger partial charge in [-0.3, -0.25) is 9.56 Å². The van der Waals surface area contributed by atoms with Gasteiger partial charge in [-0.25, -0.2) is 22.0 Å². The summed E-state index contributed by atoms with van der Waals surface area (Å²) in [5.74, 6) is -1.53. The van der Waals surface area contributed by atoms with Crippen molar-refractivity contribution in [2.75, 3.05) is 0 Å². The Labute approximate surface area is 166 Å². The van der Waals surface area contributed by atoms with Gasteiger partial charge in [-0.1, -0.05) is 37.3 Å². The molecule has 0 bridgehead atoms. The van der Waals surface area contributed by atoms with Gasteiger partial charge in [0, 0.05) is 12.6 Å². The summed E-state index contributed by atoms with van der Waals surface area (Å²) in [6.45, 7) is 1.72. The van der Waals surface area contributed by atoms with E-state index in [1.807, 2.05) is 6.92 Å². The normalized spacial score (nSPS) is 12.3. The van der Waals surface area contributed by atoms with Crippen LogP contribution in [0.25, 0.3) is 0 Å². The van der Waals surface area contributed by atoms with Crippen LogP contribution in [-0.2, 0) is 30.0 Å². The predicted octanol–water partition coefficient (Wildman–Crippen LogP) is 2.37. The first kappa shape index (κ1) is 20.7. The highest BCUT2D eigenvalue weighted by molar-refractivity contribution is 7.90. The number of rotatable bonds is 5. The van der Waals surface area contributed by atoms with Crippen molar-refractivity contribution in [3.8, 4) is 0 Å². The molecule has 0 aliphatic rings. The lowest BCUT2D eigenvalue weighted by Crippen LogP contribution is -2.42. The minimum atomic E-state index is -4.29. The SMILES string of the molecule is CCc1ccc(S(=O)(=O)n2cc(F)c(=NCc3ccccc3F)n(C)c2=O)cc1. The van der Waals surface area contributed by atoms with Crippen molar-refractivity contribution in [2.24, 2.45) is 12.0 Å². The maximum Gasteiger partial charge on any atom is 0.343 e. The topological polar surface area (TPSA) is 73.4 Å². The van der Waals surface area contributed by atoms with Gasteiger partial charge >= 0.3 is 5.69 Å². The Hall–Kier alpha value is -3.07. The monoisotopic (exact) mass is 419 g/mol. The van der Waals surface area contributed by atoms with Gasteiger partial charge in [0.2, 0.25) is 0 Å². The molecule has 6 nitrogen and oxygen atoms in total. The van der Waals surface area contributed by atoms with E-state index < -0.39 is 27.3 Å². The van der Waals surface area contributed by atoms with E-state index in [0.717, 1.165) is 16.6 Å². The Morgan fingerprint density at radius 2 is 1.66 bits per heavy atom. The Morgan fingerprint density at radius 1 is 1.00 bits per heavy atom. The average Bonchev–Trinajstić information content (AvgIpc) is 2.71. The van der Waals surface area contributed by atoms with Gasteiger partial charge in [0.1, 0.15) is 5.82 Å². The first-order chi connectivity index (χ1) is 13.8. The van der Waals surface area contributed by atoms with Gasteiger partial charge in [-0.15, -0.1) is 0 Å². The fourth-order valence-corrected chi connectivity index (χ4v) is 4.03. The fraction of sp³-hybridized carbons (Fsp3) is 0.200. The van der Waals surface area contributed by atoms with Crippen LogP contribution in [0.5, 0.6) is 0 Å². The van der Waals surface area contributed by atoms with Crippen LogP contribution in [0.4, 0.5) is 8.78 Å². The number of hydrogen-bond acceptors (Lipinski definition) is 4. The molecule has 0 amide bonds. The molecule has 3 aromatic rings. The molecule has 0 aliphatic carbocycles. The van der Waals surface area contributed by atoms with Gasteiger partial charge in [0.05, 0.1) is 17.6 Å². The first-order valence-corrected chi connectivity index (χ1v) is 10.3. The molecule has 0 unspecified atom stereocenters. The second kappa shape index (κ2) is 8.12. The number of benzene rings is 2. The van der Waals surface area contributed by atoms with Crippen LogP contribution in [0, 0.1) is 11.6 Å². The molecule has 0 atom stereocenters. The summed E-state index contributed by atoms with van der Waals surface area (Å²) >= 11 is 0. The summed E-state index contributed by atoms with van der Waals surface area (Å²) in [6.07, 6.45) is 1.31. The summed E-state index contributed by atoms with van der Waals surface area (Å²) in [4.78, 5) is 16.4. The van der Waals surface area contributed by atoms with E-state index in [9.17, 15) is 22.0 Å². The maximum atomic E-state index is 14.6. The molecule has 1 aromatic heterocycles. The van der Waals surface area contributed by atoms with Crippen LogP contribution in [0.15, 0.2) is 69.4 Å². The lowest BCUT2D eigenvalue weighted by molar-refractivity contribution is 0.533. The number of aromatic nitrogens is 2. The van der Waals surface area contributed by atoms with E-state index in [-0.39, 0.29) is 22.5 Å². The number of nitrogens with zero attached hydrogens (tertiary/aromatic N) is 3. The van der Waals surface area contributed by atoms with Crippen molar-refractivity contribution < 1.29 is 17.2 Å². The van der Waals surface area contributed by atoms with E-state index in [0.29, 0.717) is 10.2 Å². The second-order valence-electron chi connectivity index (χ2n) is 6.35. The van der Waals surface area contributed by atoms with Gasteiger partial charge in [0.15, 0.2) is 11.3 Å². The first-order valence-electron chi connectivity index (χ1n) is 8.82. The third-order valence-corrected chi connectivity index (χ3v) is 6.13. The van der Waals surface area contributed by atoms with Crippen LogP contribution in [0.2, 0.25) is 0 Å². The molecular formula is C20H19F2N3O3S. The molecule has 0 spiro atoms. The van der Waals surface area contributed by atoms with Crippen LogP contribution in [0.1, 0.15) is 18.1 Å². The fourth-order valence-electron chi connectivity index (χ4n) is 2.77. The molecule has 3 rings (SSSR count). The van der Waals surface area contributed by atoms with E-state index in [1.165, 1.54) is 37.4 Å². The molecule has 9 heteroatoms. The van der Waals surface area contributed by atoms with E-state index in [4.69, 9.17) is 0 Å². The highest BCUT2D eigenvalue weighted by Gasteiger charge is 2.21. The van der Waals surface area contributed by atoms with Crippen LogP contribution >= 0.6 is 0 Å². The molecule has 2 aromatic carbocycles. The molecule has 0 radical (unpaired) electrons. The molecule has 29 heavy (non-hydrogen) atoms. The summed E-state index contributed by atoms with van der Waals surface area (Å²) in [6, 6.07) is 11.9. The second-order valence-corrected chi connectivity index (χ2v) is 8.16. The number of halogens is 2. The van der Waals surface area contributed by atoms with E-state index in [1.54, 1.807) is 18.2 Å². The van der Waals surface area contributed by atoms with Crippen LogP contribution in [-0.4, -0.2) is 17.0 Å². The molecular weight excluding hydrogens is 400 g/mol. The largest absolute Gasteiger partial charge is 0.343 e. The molecule has 0 aliphatic heterocycles. The van der Waals surface area contributed by atoms with E-state index in [2.05, 4.69) is 4.99 Å². The zero-order chi connectivity index (χ0) is 21.2. The van der Waals surface area contributed by atoms with Crippen LogP contribution < -0.4 is 11.2 Å². The lowest BCUT2D eigenvalue weighted by atomic mass is 10.2. The Bertz CT molecular complexity index is 1280. The summed E-state index contributed by atoms with van der Waals surface area (Å²) in [7, 11) is -3.08. The summed E-state index contributed by atoms with van der Waals surface area (Å²) in [5.41, 5.74) is -0.209. The molecule has 0 saturated heterocycles. The minimum absolute atomic E-state index is 0.132. The predicted molar refractivity (Wildman–Crippen MR) is 104 cm³/mol. The minimum Gasteiger partial charge on any atom is -0.278 e. The third kappa shape index (κ3) is 4.04. The van der Waals surface area contributed by atoms with Crippen molar-refractivity contribution >= 4 is 10.0 Å².